The van der Waals surface area contributed by atoms with Gasteiger partial charge in [0.25, 0.3) is 10.0 Å². The van der Waals surface area contributed by atoms with Crippen LogP contribution < -0.4 is 4.31 Å². The third-order valence-electron chi connectivity index (χ3n) is 6.87. The molecule has 0 amide bonds. The van der Waals surface area contributed by atoms with E-state index in [1.807, 2.05) is 30.0 Å². The van der Waals surface area contributed by atoms with E-state index >= 15 is 0 Å². The average Bonchev–Trinajstić information content (AvgIpc) is 3.61. The average molecular weight is 504 g/mol. The summed E-state index contributed by atoms with van der Waals surface area (Å²) >= 11 is 3.06. The predicted molar refractivity (Wildman–Crippen MR) is 133 cm³/mol. The summed E-state index contributed by atoms with van der Waals surface area (Å²) in [6.45, 7) is 2.17. The van der Waals surface area contributed by atoms with E-state index in [4.69, 9.17) is 14.5 Å². The highest BCUT2D eigenvalue weighted by Crippen LogP contribution is 2.50. The van der Waals surface area contributed by atoms with Gasteiger partial charge >= 0.3 is 0 Å². The first kappa shape index (κ1) is 21.7. The van der Waals surface area contributed by atoms with E-state index in [1.165, 1.54) is 15.6 Å². The third kappa shape index (κ3) is 3.63. The van der Waals surface area contributed by atoms with Crippen LogP contribution in [0.1, 0.15) is 31.4 Å². The molecule has 2 spiro atoms. The zero-order valence-corrected chi connectivity index (χ0v) is 20.7. The Hall–Kier alpha value is -1.85. The molecule has 7 nitrogen and oxygen atoms in total. The summed E-state index contributed by atoms with van der Waals surface area (Å²) in [4.78, 5) is 8.36. The Kier molecular flexibility index (Phi) is 5.15. The first-order valence-corrected chi connectivity index (χ1v) is 14.2. The Morgan fingerprint density at radius 3 is 2.61 bits per heavy atom. The van der Waals surface area contributed by atoms with Crippen molar-refractivity contribution in [3.63, 3.8) is 0 Å². The molecule has 3 aliphatic rings. The molecule has 4 heterocycles. The predicted octanol–water partition coefficient (Wildman–Crippen LogP) is 4.60. The number of sulfonamides is 1. The Balaban J connectivity index is 1.26. The number of nitrogens with zero attached hydrogens (tertiary/aromatic N) is 2. The maximum atomic E-state index is 13.1. The van der Waals surface area contributed by atoms with Crippen LogP contribution in [-0.4, -0.2) is 55.8 Å². The monoisotopic (exact) mass is 503 g/mol. The van der Waals surface area contributed by atoms with Crippen molar-refractivity contribution >= 4 is 54.8 Å². The number of thiophene rings is 1. The number of aromatic amines is 1. The highest BCUT2D eigenvalue weighted by atomic mass is 32.2. The highest BCUT2D eigenvalue weighted by molar-refractivity contribution is 8.15. The van der Waals surface area contributed by atoms with Crippen molar-refractivity contribution in [2.75, 3.05) is 31.1 Å². The summed E-state index contributed by atoms with van der Waals surface area (Å²) in [6, 6.07) is 11.2. The van der Waals surface area contributed by atoms with Gasteiger partial charge in [0.1, 0.15) is 9.25 Å². The largest absolute Gasteiger partial charge is 0.351 e. The zero-order valence-electron chi connectivity index (χ0n) is 18.2. The molecule has 1 N–H and O–H groups in total. The standard InChI is InChI=1S/C23H25N3O4S3/c1-26(33(27,28)19-6-3-13-31-19)18-5-2-4-16-14-17(25-20(16)18)21-24-15-22(32-21)7-9-23(10-8-22)29-11-12-30-23/h2-6,13-14,25H,7-12,15H2,1H3. The third-order valence-corrected chi connectivity index (χ3v) is 11.5. The molecular weight excluding hydrogens is 478 g/mol. The van der Waals surface area contributed by atoms with E-state index in [-0.39, 0.29) is 10.5 Å². The van der Waals surface area contributed by atoms with Gasteiger partial charge in [-0.1, -0.05) is 30.0 Å². The van der Waals surface area contributed by atoms with E-state index in [2.05, 4.69) is 11.1 Å². The van der Waals surface area contributed by atoms with Crippen LogP contribution in [0, 0.1) is 0 Å². The molecule has 1 saturated heterocycles. The fourth-order valence-corrected chi connectivity index (χ4v) is 8.62. The number of aliphatic imine (C=N–C) groups is 1. The molecule has 10 heteroatoms. The molecule has 0 atom stereocenters. The Bertz CT molecular complexity index is 1310. The molecule has 174 valence electrons. The smallest absolute Gasteiger partial charge is 0.273 e. The summed E-state index contributed by atoms with van der Waals surface area (Å²) in [5, 5.41) is 3.73. The van der Waals surface area contributed by atoms with Crippen molar-refractivity contribution in [1.82, 2.24) is 4.98 Å². The van der Waals surface area contributed by atoms with Crippen LogP contribution >= 0.6 is 23.1 Å². The molecule has 2 fully saturated rings. The quantitative estimate of drug-likeness (QED) is 0.562. The number of rotatable bonds is 4. The second kappa shape index (κ2) is 7.84. The number of H-pyrrole nitrogens is 1. The number of aromatic nitrogens is 1. The topological polar surface area (TPSA) is 84.0 Å². The van der Waals surface area contributed by atoms with Crippen LogP contribution in [0.15, 0.2) is 51.0 Å². The molecule has 1 saturated carbocycles. The summed E-state index contributed by atoms with van der Waals surface area (Å²) in [7, 11) is -2.01. The first-order chi connectivity index (χ1) is 15.9. The fraction of sp³-hybridized carbons (Fsp3) is 0.435. The number of nitrogens with one attached hydrogen (secondary N) is 1. The molecule has 1 aliphatic carbocycles. The number of anilines is 1. The normalized spacial score (nSPS) is 21.8. The van der Waals surface area contributed by atoms with Gasteiger partial charge in [0.15, 0.2) is 5.79 Å². The van der Waals surface area contributed by atoms with Gasteiger partial charge in [-0.15, -0.1) is 11.3 Å². The van der Waals surface area contributed by atoms with Gasteiger partial charge < -0.3 is 14.5 Å². The van der Waals surface area contributed by atoms with Crippen molar-refractivity contribution in [1.29, 1.82) is 0 Å². The SMILES string of the molecule is CN(c1cccc2cc(C3=NCC4(CCC5(CC4)OCCO5)S3)[nH]c12)S(=O)(=O)c1cccs1. The number of thioether (sulfide) groups is 1. The lowest BCUT2D eigenvalue weighted by molar-refractivity contribution is -0.179. The fourth-order valence-electron chi connectivity index (χ4n) is 4.95. The number of para-hydroxylation sites is 1. The Morgan fingerprint density at radius 2 is 1.88 bits per heavy atom. The van der Waals surface area contributed by atoms with Crippen LogP contribution in [0.4, 0.5) is 5.69 Å². The van der Waals surface area contributed by atoms with Gasteiger partial charge in [0, 0.05) is 30.0 Å². The molecule has 3 aromatic rings. The number of hydrogen-bond acceptors (Lipinski definition) is 7. The van der Waals surface area contributed by atoms with Crippen LogP contribution in [0.3, 0.4) is 0 Å². The minimum Gasteiger partial charge on any atom is -0.351 e. The molecule has 0 bridgehead atoms. The van der Waals surface area contributed by atoms with Crippen molar-refractivity contribution < 1.29 is 17.9 Å². The molecule has 33 heavy (non-hydrogen) atoms. The Morgan fingerprint density at radius 1 is 1.09 bits per heavy atom. The van der Waals surface area contributed by atoms with Crippen LogP contribution in [0.25, 0.3) is 10.9 Å². The van der Waals surface area contributed by atoms with Crippen LogP contribution in [-0.2, 0) is 19.5 Å². The lowest BCUT2D eigenvalue weighted by Gasteiger charge is -2.40. The van der Waals surface area contributed by atoms with Crippen molar-refractivity contribution in [3.05, 3.63) is 47.5 Å². The number of fused-ring (bicyclic) bond motifs is 1. The lowest BCUT2D eigenvalue weighted by atomic mass is 9.84. The zero-order chi connectivity index (χ0) is 22.7. The summed E-state index contributed by atoms with van der Waals surface area (Å²) < 4.78 is 39.7. The molecular formula is C23H25N3O4S3. The van der Waals surface area contributed by atoms with Crippen molar-refractivity contribution in [3.8, 4) is 0 Å². The Labute approximate surface area is 201 Å². The number of ether oxygens (including phenoxy) is 2. The van der Waals surface area contributed by atoms with E-state index in [0.29, 0.717) is 23.1 Å². The second-order valence-electron chi connectivity index (χ2n) is 8.84. The van der Waals surface area contributed by atoms with Crippen molar-refractivity contribution in [2.45, 2.75) is 40.4 Å². The van der Waals surface area contributed by atoms with Crippen LogP contribution in [0.5, 0.6) is 0 Å². The maximum absolute atomic E-state index is 13.1. The summed E-state index contributed by atoms with van der Waals surface area (Å²) in [5.74, 6) is -0.372. The molecule has 1 aromatic carbocycles. The van der Waals surface area contributed by atoms with Gasteiger partial charge in [0.2, 0.25) is 0 Å². The van der Waals surface area contributed by atoms with E-state index in [0.717, 1.165) is 53.9 Å². The van der Waals surface area contributed by atoms with Gasteiger partial charge in [-0.25, -0.2) is 8.42 Å². The van der Waals surface area contributed by atoms with E-state index in [1.54, 1.807) is 24.6 Å². The first-order valence-electron chi connectivity index (χ1n) is 11.1. The summed E-state index contributed by atoms with van der Waals surface area (Å²) in [6.07, 6.45) is 3.84. The number of benzene rings is 1. The number of hydrogen-bond donors (Lipinski definition) is 1. The molecule has 2 aromatic heterocycles. The minimum absolute atomic E-state index is 0.0926. The molecule has 6 rings (SSSR count). The second-order valence-corrected chi connectivity index (χ2v) is 13.4. The molecule has 2 aliphatic heterocycles. The highest BCUT2D eigenvalue weighted by Gasteiger charge is 2.49. The minimum atomic E-state index is -3.61. The van der Waals surface area contributed by atoms with Gasteiger partial charge in [-0.2, -0.15) is 0 Å². The van der Waals surface area contributed by atoms with Gasteiger partial charge in [0.05, 0.1) is 36.7 Å². The van der Waals surface area contributed by atoms with Gasteiger partial charge in [-0.05, 0) is 36.4 Å². The molecule has 0 unspecified atom stereocenters. The van der Waals surface area contributed by atoms with E-state index in [9.17, 15) is 8.42 Å². The van der Waals surface area contributed by atoms with Gasteiger partial charge in [-0.3, -0.25) is 9.30 Å². The summed E-state index contributed by atoms with van der Waals surface area (Å²) in [5.41, 5.74) is 2.37. The maximum Gasteiger partial charge on any atom is 0.273 e. The van der Waals surface area contributed by atoms with Crippen molar-refractivity contribution in [2.24, 2.45) is 4.99 Å². The molecule has 0 radical (unpaired) electrons. The lowest BCUT2D eigenvalue weighted by Crippen LogP contribution is -2.42. The van der Waals surface area contributed by atoms with Crippen LogP contribution in [0.2, 0.25) is 0 Å². The van der Waals surface area contributed by atoms with E-state index < -0.39 is 10.0 Å².